The number of aliphatic hydroxyl groups is 2. The highest BCUT2D eigenvalue weighted by molar-refractivity contribution is 5.81. The lowest BCUT2D eigenvalue weighted by Gasteiger charge is -2.30. The van der Waals surface area contributed by atoms with E-state index in [-0.39, 0.29) is 18.1 Å². The van der Waals surface area contributed by atoms with Crippen molar-refractivity contribution in [2.45, 2.75) is 64.3 Å². The molecule has 0 bridgehead atoms. The number of aryl methyl sites for hydroxylation is 2. The van der Waals surface area contributed by atoms with Gasteiger partial charge in [-0.25, -0.2) is 4.98 Å². The summed E-state index contributed by atoms with van der Waals surface area (Å²) >= 11 is 0. The van der Waals surface area contributed by atoms with E-state index >= 15 is 0 Å². The van der Waals surface area contributed by atoms with Gasteiger partial charge < -0.3 is 15.5 Å². The van der Waals surface area contributed by atoms with E-state index in [9.17, 15) is 15.0 Å². The van der Waals surface area contributed by atoms with Crippen LogP contribution in [-0.2, 0) is 13.0 Å². The second-order valence-corrected chi connectivity index (χ2v) is 7.02. The van der Waals surface area contributed by atoms with Crippen LogP contribution < -0.4 is 10.9 Å². The molecule has 0 unspecified atom stereocenters. The Morgan fingerprint density at radius 3 is 2.96 bits per heavy atom. The molecule has 136 valence electrons. The molecule has 0 radical (unpaired) electrons. The van der Waals surface area contributed by atoms with Crippen molar-refractivity contribution in [2.24, 2.45) is 0 Å². The van der Waals surface area contributed by atoms with Gasteiger partial charge in [-0.3, -0.25) is 9.36 Å². The predicted octanol–water partition coefficient (Wildman–Crippen LogP) is 1.13. The monoisotopic (exact) mass is 345 g/mol. The Bertz CT molecular complexity index is 802. The van der Waals surface area contributed by atoms with Gasteiger partial charge in [-0.1, -0.05) is 13.0 Å². The van der Waals surface area contributed by atoms with Gasteiger partial charge in [0.05, 0.1) is 36.0 Å². The molecule has 2 aromatic rings. The van der Waals surface area contributed by atoms with E-state index in [0.29, 0.717) is 11.8 Å². The first-order valence-corrected chi connectivity index (χ1v) is 9.07. The van der Waals surface area contributed by atoms with Crippen LogP contribution in [0.1, 0.15) is 37.3 Å². The molecule has 3 rings (SSSR count). The van der Waals surface area contributed by atoms with Gasteiger partial charge in [-0.05, 0) is 56.3 Å². The maximum Gasteiger partial charge on any atom is 0.261 e. The summed E-state index contributed by atoms with van der Waals surface area (Å²) in [6, 6.07) is 3.83. The largest absolute Gasteiger partial charge is 0.392 e. The van der Waals surface area contributed by atoms with Gasteiger partial charge >= 0.3 is 0 Å². The number of rotatable bonds is 5. The van der Waals surface area contributed by atoms with Crippen molar-refractivity contribution >= 4 is 10.9 Å². The molecule has 1 aromatic carbocycles. The highest BCUT2D eigenvalue weighted by Gasteiger charge is 2.25. The lowest BCUT2D eigenvalue weighted by Crippen LogP contribution is -2.47. The molecule has 1 saturated heterocycles. The number of hydrogen-bond donors (Lipinski definition) is 3. The Morgan fingerprint density at radius 2 is 2.24 bits per heavy atom. The van der Waals surface area contributed by atoms with Crippen molar-refractivity contribution in [3.8, 4) is 0 Å². The van der Waals surface area contributed by atoms with Gasteiger partial charge in [-0.15, -0.1) is 0 Å². The molecule has 0 amide bonds. The highest BCUT2D eigenvalue weighted by Crippen LogP contribution is 2.17. The maximum absolute atomic E-state index is 12.8. The van der Waals surface area contributed by atoms with Crippen LogP contribution in [-0.4, -0.2) is 44.6 Å². The summed E-state index contributed by atoms with van der Waals surface area (Å²) in [5.74, 6) is 0. The van der Waals surface area contributed by atoms with Crippen LogP contribution in [0.5, 0.6) is 0 Å². The second-order valence-electron chi connectivity index (χ2n) is 7.02. The molecular weight excluding hydrogens is 318 g/mol. The quantitative estimate of drug-likeness (QED) is 0.756. The number of aliphatic hydroxyl groups excluding tert-OH is 2. The number of nitrogens with zero attached hydrogens (tertiary/aromatic N) is 2. The highest BCUT2D eigenvalue weighted by atomic mass is 16.3. The Balaban J connectivity index is 1.81. The Kier molecular flexibility index (Phi) is 5.51. The summed E-state index contributed by atoms with van der Waals surface area (Å²) in [7, 11) is 0. The average Bonchev–Trinajstić information content (AvgIpc) is 2.59. The topological polar surface area (TPSA) is 87.4 Å². The zero-order valence-electron chi connectivity index (χ0n) is 14.9. The Hall–Kier alpha value is -1.76. The van der Waals surface area contributed by atoms with Crippen molar-refractivity contribution in [3.63, 3.8) is 0 Å². The standard InChI is InChI=1S/C19H27N3O3/c1-3-13-7-12(2)18-15(8-13)19(25)22(11-21-18)10-14(23)9-16-17(24)5-4-6-20-16/h7-8,11,14,16-17,20,23-24H,3-6,9-10H2,1-2H3/t14-,16+,17-/m0/s1. The summed E-state index contributed by atoms with van der Waals surface area (Å²) in [6.45, 7) is 5.05. The fraction of sp³-hybridized carbons (Fsp3) is 0.579. The molecular formula is C19H27N3O3. The Labute approximate surface area is 147 Å². The minimum Gasteiger partial charge on any atom is -0.392 e. The van der Waals surface area contributed by atoms with E-state index in [1.54, 1.807) is 0 Å². The maximum atomic E-state index is 12.8. The number of benzene rings is 1. The van der Waals surface area contributed by atoms with Crippen molar-refractivity contribution in [1.29, 1.82) is 0 Å². The van der Waals surface area contributed by atoms with Crippen LogP contribution in [0.15, 0.2) is 23.3 Å². The van der Waals surface area contributed by atoms with Crippen LogP contribution >= 0.6 is 0 Å². The van der Waals surface area contributed by atoms with E-state index < -0.39 is 12.2 Å². The fourth-order valence-electron chi connectivity index (χ4n) is 3.63. The van der Waals surface area contributed by atoms with Gasteiger partial charge in [0.1, 0.15) is 0 Å². The first kappa shape index (κ1) is 18.0. The van der Waals surface area contributed by atoms with Gasteiger partial charge in [0.25, 0.3) is 5.56 Å². The summed E-state index contributed by atoms with van der Waals surface area (Å²) in [4.78, 5) is 17.2. The van der Waals surface area contributed by atoms with Crippen molar-refractivity contribution in [3.05, 3.63) is 39.9 Å². The average molecular weight is 345 g/mol. The fourth-order valence-corrected chi connectivity index (χ4v) is 3.63. The number of hydrogen-bond acceptors (Lipinski definition) is 5. The van der Waals surface area contributed by atoms with Gasteiger partial charge in [0, 0.05) is 6.04 Å². The van der Waals surface area contributed by atoms with E-state index in [2.05, 4.69) is 23.3 Å². The molecule has 1 aliphatic heterocycles. The van der Waals surface area contributed by atoms with Gasteiger partial charge in [0.2, 0.25) is 0 Å². The molecule has 6 heteroatoms. The van der Waals surface area contributed by atoms with Crippen molar-refractivity contribution in [1.82, 2.24) is 14.9 Å². The molecule has 0 aliphatic carbocycles. The van der Waals surface area contributed by atoms with Crippen LogP contribution in [0.25, 0.3) is 10.9 Å². The molecule has 0 saturated carbocycles. The molecule has 25 heavy (non-hydrogen) atoms. The summed E-state index contributed by atoms with van der Waals surface area (Å²) in [5, 5.41) is 24.2. The first-order chi connectivity index (χ1) is 12.0. The number of nitrogens with one attached hydrogen (secondary N) is 1. The molecule has 0 spiro atoms. The van der Waals surface area contributed by atoms with E-state index in [4.69, 9.17) is 0 Å². The summed E-state index contributed by atoms with van der Waals surface area (Å²) in [5.41, 5.74) is 2.70. The molecule has 1 aromatic heterocycles. The molecule has 1 aliphatic rings. The molecule has 2 heterocycles. The normalized spacial score (nSPS) is 22.2. The van der Waals surface area contributed by atoms with E-state index in [1.165, 1.54) is 10.9 Å². The number of aromatic nitrogens is 2. The van der Waals surface area contributed by atoms with Gasteiger partial charge in [-0.2, -0.15) is 0 Å². The van der Waals surface area contributed by atoms with Crippen LogP contribution in [0.4, 0.5) is 0 Å². The summed E-state index contributed by atoms with van der Waals surface area (Å²) < 4.78 is 1.47. The summed E-state index contributed by atoms with van der Waals surface area (Å²) in [6.07, 6.45) is 3.33. The van der Waals surface area contributed by atoms with Crippen LogP contribution in [0.2, 0.25) is 0 Å². The third kappa shape index (κ3) is 3.92. The first-order valence-electron chi connectivity index (χ1n) is 9.07. The third-order valence-corrected chi connectivity index (χ3v) is 5.07. The number of fused-ring (bicyclic) bond motifs is 1. The zero-order valence-corrected chi connectivity index (χ0v) is 14.9. The second kappa shape index (κ2) is 7.64. The Morgan fingerprint density at radius 1 is 1.44 bits per heavy atom. The zero-order chi connectivity index (χ0) is 18.0. The lowest BCUT2D eigenvalue weighted by molar-refractivity contribution is 0.0539. The molecule has 6 nitrogen and oxygen atoms in total. The molecule has 3 N–H and O–H groups in total. The predicted molar refractivity (Wildman–Crippen MR) is 97.8 cm³/mol. The lowest BCUT2D eigenvalue weighted by atomic mass is 9.96. The SMILES string of the molecule is CCc1cc(C)c2ncn(C[C@@H](O)C[C@H]3NCCC[C@@H]3O)c(=O)c2c1. The van der Waals surface area contributed by atoms with Crippen LogP contribution in [0, 0.1) is 6.92 Å². The van der Waals surface area contributed by atoms with Crippen molar-refractivity contribution in [2.75, 3.05) is 6.54 Å². The van der Waals surface area contributed by atoms with Gasteiger partial charge in [0.15, 0.2) is 0 Å². The molecule has 1 fully saturated rings. The van der Waals surface area contributed by atoms with E-state index in [0.717, 1.165) is 42.5 Å². The molecule has 3 atom stereocenters. The van der Waals surface area contributed by atoms with Crippen molar-refractivity contribution < 1.29 is 10.2 Å². The van der Waals surface area contributed by atoms with Crippen LogP contribution in [0.3, 0.4) is 0 Å². The minimum absolute atomic E-state index is 0.123. The smallest absolute Gasteiger partial charge is 0.261 e. The minimum atomic E-state index is -0.711. The third-order valence-electron chi connectivity index (χ3n) is 5.07. The number of piperidine rings is 1. The van der Waals surface area contributed by atoms with E-state index in [1.807, 2.05) is 13.0 Å².